The second-order valence-electron chi connectivity index (χ2n) is 1.80. The highest BCUT2D eigenvalue weighted by Crippen LogP contribution is 1.94. The predicted octanol–water partition coefficient (Wildman–Crippen LogP) is -1.80. The lowest BCUT2D eigenvalue weighted by Gasteiger charge is -2.09. The van der Waals surface area contributed by atoms with Crippen LogP contribution in [0.15, 0.2) is 0 Å². The van der Waals surface area contributed by atoms with Crippen LogP contribution in [0.3, 0.4) is 0 Å². The largest absolute Gasteiger partial charge is 0.393 e. The molecule has 0 rings (SSSR count). The molecule has 0 aliphatic heterocycles. The summed E-state index contributed by atoms with van der Waals surface area (Å²) in [6.07, 6.45) is -2.77. The van der Waals surface area contributed by atoms with Crippen molar-refractivity contribution in [3.05, 3.63) is 0 Å². The zero-order valence-corrected chi connectivity index (χ0v) is 6.16. The zero-order valence-electron chi connectivity index (χ0n) is 5.27. The number of thiol groups is 1. The van der Waals surface area contributed by atoms with Crippen LogP contribution in [0.2, 0.25) is 0 Å². The van der Waals surface area contributed by atoms with E-state index in [1.165, 1.54) is 0 Å². The Bertz CT molecular complexity index is 104. The zero-order chi connectivity index (χ0) is 8.15. The Morgan fingerprint density at radius 3 is 2.20 bits per heavy atom. The number of ketones is 1. The Labute approximate surface area is 63.9 Å². The van der Waals surface area contributed by atoms with Gasteiger partial charge in [-0.1, -0.05) is 0 Å². The SMILES string of the molecule is O=C(C(O)CO)C(O)CS. The van der Waals surface area contributed by atoms with Gasteiger partial charge in [-0.2, -0.15) is 12.6 Å². The fourth-order valence-corrected chi connectivity index (χ4v) is 0.582. The first-order valence-electron chi connectivity index (χ1n) is 2.75. The number of aliphatic hydroxyl groups is 3. The number of Topliss-reactive ketones (excluding diaryl/α,β-unsaturated/α-hetero) is 1. The molecule has 5 heteroatoms. The van der Waals surface area contributed by atoms with E-state index in [4.69, 9.17) is 15.3 Å². The van der Waals surface area contributed by atoms with Gasteiger partial charge in [0, 0.05) is 5.75 Å². The van der Waals surface area contributed by atoms with Crippen molar-refractivity contribution in [2.24, 2.45) is 0 Å². The first-order chi connectivity index (χ1) is 4.63. The molecule has 2 atom stereocenters. The summed E-state index contributed by atoms with van der Waals surface area (Å²) in [4.78, 5) is 10.6. The van der Waals surface area contributed by atoms with Crippen molar-refractivity contribution in [3.63, 3.8) is 0 Å². The maximum Gasteiger partial charge on any atom is 0.192 e. The topological polar surface area (TPSA) is 77.8 Å². The molecule has 0 aliphatic rings. The van der Waals surface area contributed by atoms with Gasteiger partial charge in [-0.3, -0.25) is 4.79 Å². The molecule has 0 radical (unpaired) electrons. The maximum atomic E-state index is 10.6. The molecular formula is C5H10O4S. The van der Waals surface area contributed by atoms with Crippen LogP contribution in [0.1, 0.15) is 0 Å². The molecule has 0 aliphatic carbocycles. The Morgan fingerprint density at radius 1 is 1.40 bits per heavy atom. The van der Waals surface area contributed by atoms with E-state index in [9.17, 15) is 4.79 Å². The molecule has 0 bridgehead atoms. The summed E-state index contributed by atoms with van der Waals surface area (Å²) in [7, 11) is 0. The second kappa shape index (κ2) is 4.68. The Kier molecular flexibility index (Phi) is 4.63. The molecule has 0 aromatic rings. The third kappa shape index (κ3) is 2.66. The van der Waals surface area contributed by atoms with Gasteiger partial charge in [-0.25, -0.2) is 0 Å². The molecule has 0 amide bonds. The molecule has 0 aromatic heterocycles. The van der Waals surface area contributed by atoms with Gasteiger partial charge in [0.05, 0.1) is 6.61 Å². The first kappa shape index (κ1) is 9.90. The van der Waals surface area contributed by atoms with Crippen molar-refractivity contribution in [1.29, 1.82) is 0 Å². The van der Waals surface area contributed by atoms with Crippen LogP contribution in [-0.4, -0.2) is 45.7 Å². The lowest BCUT2D eigenvalue weighted by atomic mass is 10.1. The van der Waals surface area contributed by atoms with E-state index in [-0.39, 0.29) is 5.75 Å². The second-order valence-corrected chi connectivity index (χ2v) is 2.16. The van der Waals surface area contributed by atoms with Crippen molar-refractivity contribution in [2.45, 2.75) is 12.2 Å². The average Bonchev–Trinajstić information content (AvgIpc) is 2.00. The monoisotopic (exact) mass is 166 g/mol. The quantitative estimate of drug-likeness (QED) is 0.372. The number of hydrogen-bond donors (Lipinski definition) is 4. The van der Waals surface area contributed by atoms with Gasteiger partial charge < -0.3 is 15.3 Å². The molecule has 3 N–H and O–H groups in total. The standard InChI is InChI=1S/C5H10O4S/c6-1-3(7)5(9)4(8)2-10/h3-4,6-8,10H,1-2H2. The molecule has 60 valence electrons. The van der Waals surface area contributed by atoms with E-state index < -0.39 is 24.6 Å². The van der Waals surface area contributed by atoms with Crippen LogP contribution in [-0.2, 0) is 4.79 Å². The van der Waals surface area contributed by atoms with Crippen molar-refractivity contribution in [3.8, 4) is 0 Å². The summed E-state index contributed by atoms with van der Waals surface area (Å²) in [6.45, 7) is -0.663. The van der Waals surface area contributed by atoms with E-state index in [1.807, 2.05) is 0 Å². The molecule has 0 fully saturated rings. The molecule has 0 aromatic carbocycles. The van der Waals surface area contributed by atoms with Crippen LogP contribution in [0.4, 0.5) is 0 Å². The Hall–Kier alpha value is -0.100. The summed E-state index contributed by atoms with van der Waals surface area (Å²) in [6, 6.07) is 0. The highest BCUT2D eigenvalue weighted by Gasteiger charge is 2.20. The minimum absolute atomic E-state index is 0.0457. The molecule has 4 nitrogen and oxygen atoms in total. The van der Waals surface area contributed by atoms with Crippen LogP contribution >= 0.6 is 12.6 Å². The van der Waals surface area contributed by atoms with Gasteiger partial charge in [-0.05, 0) is 0 Å². The van der Waals surface area contributed by atoms with E-state index in [2.05, 4.69) is 12.6 Å². The summed E-state index contributed by atoms with van der Waals surface area (Å²) >= 11 is 3.62. The fourth-order valence-electron chi connectivity index (χ4n) is 0.402. The van der Waals surface area contributed by atoms with Crippen LogP contribution in [0.25, 0.3) is 0 Å². The third-order valence-corrected chi connectivity index (χ3v) is 1.35. The Morgan fingerprint density at radius 2 is 1.90 bits per heavy atom. The van der Waals surface area contributed by atoms with Crippen molar-refractivity contribution in [2.75, 3.05) is 12.4 Å². The smallest absolute Gasteiger partial charge is 0.192 e. The predicted molar refractivity (Wildman–Crippen MR) is 38.0 cm³/mol. The molecular weight excluding hydrogens is 156 g/mol. The normalized spacial score (nSPS) is 16.4. The van der Waals surface area contributed by atoms with Gasteiger partial charge in [-0.15, -0.1) is 0 Å². The van der Waals surface area contributed by atoms with Crippen LogP contribution < -0.4 is 0 Å². The fraction of sp³-hybridized carbons (Fsp3) is 0.800. The highest BCUT2D eigenvalue weighted by atomic mass is 32.1. The van der Waals surface area contributed by atoms with Gasteiger partial charge >= 0.3 is 0 Å². The molecule has 0 spiro atoms. The van der Waals surface area contributed by atoms with Gasteiger partial charge in [0.15, 0.2) is 5.78 Å². The van der Waals surface area contributed by atoms with Gasteiger partial charge in [0.2, 0.25) is 0 Å². The van der Waals surface area contributed by atoms with E-state index in [1.54, 1.807) is 0 Å². The van der Waals surface area contributed by atoms with E-state index in [0.29, 0.717) is 0 Å². The number of carbonyl (C=O) groups is 1. The lowest BCUT2D eigenvalue weighted by molar-refractivity contribution is -0.136. The highest BCUT2D eigenvalue weighted by molar-refractivity contribution is 7.80. The molecule has 0 saturated heterocycles. The molecule has 0 saturated carbocycles. The van der Waals surface area contributed by atoms with Crippen molar-refractivity contribution < 1.29 is 20.1 Å². The number of rotatable bonds is 4. The minimum Gasteiger partial charge on any atom is -0.393 e. The summed E-state index contributed by atoms with van der Waals surface area (Å²) in [5.74, 6) is -0.840. The third-order valence-electron chi connectivity index (χ3n) is 1.00. The van der Waals surface area contributed by atoms with Gasteiger partial charge in [0.1, 0.15) is 12.2 Å². The summed E-state index contributed by atoms with van der Waals surface area (Å²) in [5, 5.41) is 25.6. The van der Waals surface area contributed by atoms with Gasteiger partial charge in [0.25, 0.3) is 0 Å². The van der Waals surface area contributed by atoms with Crippen molar-refractivity contribution >= 4 is 18.4 Å². The summed E-state index contributed by atoms with van der Waals surface area (Å²) < 4.78 is 0. The van der Waals surface area contributed by atoms with E-state index in [0.717, 1.165) is 0 Å². The lowest BCUT2D eigenvalue weighted by Crippen LogP contribution is -2.35. The van der Waals surface area contributed by atoms with Crippen molar-refractivity contribution in [1.82, 2.24) is 0 Å². The molecule has 0 heterocycles. The number of aliphatic hydroxyl groups excluding tert-OH is 3. The van der Waals surface area contributed by atoms with Crippen LogP contribution in [0.5, 0.6) is 0 Å². The number of hydrogen-bond acceptors (Lipinski definition) is 5. The molecule has 10 heavy (non-hydrogen) atoms. The maximum absolute atomic E-state index is 10.6. The average molecular weight is 166 g/mol. The van der Waals surface area contributed by atoms with E-state index >= 15 is 0 Å². The molecule has 2 unspecified atom stereocenters. The Balaban J connectivity index is 3.82. The van der Waals surface area contributed by atoms with Crippen LogP contribution in [0, 0.1) is 0 Å². The first-order valence-corrected chi connectivity index (χ1v) is 3.38. The minimum atomic E-state index is -1.48. The summed E-state index contributed by atoms with van der Waals surface area (Å²) in [5.41, 5.74) is 0. The number of carbonyl (C=O) groups excluding carboxylic acids is 1.